The quantitative estimate of drug-likeness (QED) is 0.727. The molecule has 0 aromatic carbocycles. The molecule has 0 aromatic rings. The van der Waals surface area contributed by atoms with Crippen molar-refractivity contribution >= 4 is 17.7 Å². The molecule has 0 aliphatic rings. The van der Waals surface area contributed by atoms with Crippen LogP contribution in [0.4, 0.5) is 0 Å². The lowest BCUT2D eigenvalue weighted by Gasteiger charge is -2.21. The Bertz CT molecular complexity index is 174. The predicted octanol–water partition coefficient (Wildman–Crippen LogP) is 1.19. The summed E-state index contributed by atoms with van der Waals surface area (Å²) in [6.07, 6.45) is 0. The van der Waals surface area contributed by atoms with Crippen LogP contribution >= 0.6 is 11.8 Å². The van der Waals surface area contributed by atoms with E-state index in [4.69, 9.17) is 0 Å². The molecule has 0 fully saturated rings. The van der Waals surface area contributed by atoms with E-state index in [0.717, 1.165) is 11.5 Å². The largest absolute Gasteiger partial charge is 0.347 e. The van der Waals surface area contributed by atoms with Crippen LogP contribution in [0.2, 0.25) is 0 Å². The van der Waals surface area contributed by atoms with Crippen LogP contribution in [0.15, 0.2) is 0 Å². The van der Waals surface area contributed by atoms with Crippen LogP contribution in [-0.2, 0) is 4.79 Å². The van der Waals surface area contributed by atoms with Gasteiger partial charge in [0.05, 0.1) is 6.04 Å². The maximum absolute atomic E-state index is 11.5. The highest BCUT2D eigenvalue weighted by atomic mass is 32.2. The molecule has 3 nitrogen and oxygen atoms in total. The first-order valence-corrected chi connectivity index (χ1v) is 6.19. The second kappa shape index (κ2) is 7.12. The average Bonchev–Trinajstić information content (AvgIpc) is 2.13. The van der Waals surface area contributed by atoms with E-state index in [0.29, 0.717) is 6.04 Å². The van der Waals surface area contributed by atoms with E-state index >= 15 is 0 Å². The van der Waals surface area contributed by atoms with Crippen molar-refractivity contribution < 1.29 is 4.79 Å². The first kappa shape index (κ1) is 13.8. The summed E-state index contributed by atoms with van der Waals surface area (Å²) < 4.78 is 0. The summed E-state index contributed by atoms with van der Waals surface area (Å²) in [5, 5.41) is 3.28. The highest BCUT2D eigenvalue weighted by molar-refractivity contribution is 7.99. The molecule has 84 valence electrons. The first-order chi connectivity index (χ1) is 6.49. The molecule has 0 rings (SSSR count). The molecule has 0 saturated carbocycles. The van der Waals surface area contributed by atoms with Gasteiger partial charge in [-0.15, -0.1) is 0 Å². The van der Waals surface area contributed by atoms with Crippen molar-refractivity contribution in [2.24, 2.45) is 0 Å². The van der Waals surface area contributed by atoms with E-state index in [1.807, 2.05) is 18.7 Å². The molecule has 1 N–H and O–H groups in total. The second-order valence-electron chi connectivity index (χ2n) is 3.68. The lowest BCUT2D eigenvalue weighted by Crippen LogP contribution is -2.46. The molecule has 4 heteroatoms. The van der Waals surface area contributed by atoms with Gasteiger partial charge in [0.1, 0.15) is 0 Å². The number of hydrogen-bond donors (Lipinski definition) is 1. The van der Waals surface area contributed by atoms with Crippen molar-refractivity contribution in [2.45, 2.75) is 32.9 Å². The van der Waals surface area contributed by atoms with Gasteiger partial charge in [-0.05, 0) is 19.6 Å². The monoisotopic (exact) mass is 218 g/mol. The summed E-state index contributed by atoms with van der Waals surface area (Å²) in [6, 6.07) is 0.302. The molecule has 0 heterocycles. The van der Waals surface area contributed by atoms with E-state index in [2.05, 4.69) is 19.2 Å². The minimum atomic E-state index is -0.0857. The van der Waals surface area contributed by atoms with Crippen LogP contribution in [0.3, 0.4) is 0 Å². The first-order valence-electron chi connectivity index (χ1n) is 5.04. The average molecular weight is 218 g/mol. The van der Waals surface area contributed by atoms with E-state index in [1.165, 1.54) is 0 Å². The van der Waals surface area contributed by atoms with Crippen LogP contribution in [0.5, 0.6) is 0 Å². The Labute approximate surface area is 91.6 Å². The van der Waals surface area contributed by atoms with Gasteiger partial charge in [-0.25, -0.2) is 0 Å². The van der Waals surface area contributed by atoms with E-state index in [9.17, 15) is 4.79 Å². The third-order valence-electron chi connectivity index (χ3n) is 1.92. The molecule has 0 saturated heterocycles. The number of likely N-dealkylation sites (N-methyl/N-ethyl adjacent to an activating group) is 1. The number of amides is 1. The van der Waals surface area contributed by atoms with Crippen molar-refractivity contribution in [3.05, 3.63) is 0 Å². The zero-order valence-corrected chi connectivity index (χ0v) is 10.6. The molecule has 0 aromatic heterocycles. The minimum Gasteiger partial charge on any atom is -0.347 e. The number of rotatable bonds is 6. The molecular formula is C10H22N2OS. The van der Waals surface area contributed by atoms with Gasteiger partial charge >= 0.3 is 0 Å². The third kappa shape index (κ3) is 5.50. The van der Waals surface area contributed by atoms with Gasteiger partial charge in [0.15, 0.2) is 0 Å². The van der Waals surface area contributed by atoms with Gasteiger partial charge in [-0.3, -0.25) is 4.79 Å². The van der Waals surface area contributed by atoms with E-state index in [1.54, 1.807) is 19.0 Å². The van der Waals surface area contributed by atoms with Crippen LogP contribution in [0.25, 0.3) is 0 Å². The Morgan fingerprint density at radius 3 is 2.43 bits per heavy atom. The molecule has 2 unspecified atom stereocenters. The standard InChI is InChI=1S/C10H22N2OS/c1-6-14-7-8(2)11-9(3)10(13)12(4)5/h8-9,11H,6-7H2,1-5H3. The van der Waals surface area contributed by atoms with Gasteiger partial charge in [-0.1, -0.05) is 6.92 Å². The maximum atomic E-state index is 11.5. The number of hydrogen-bond acceptors (Lipinski definition) is 3. The fourth-order valence-electron chi connectivity index (χ4n) is 1.23. The predicted molar refractivity (Wildman–Crippen MR) is 63.8 cm³/mol. The van der Waals surface area contributed by atoms with Crippen molar-refractivity contribution in [3.63, 3.8) is 0 Å². The smallest absolute Gasteiger partial charge is 0.238 e. The van der Waals surface area contributed by atoms with Crippen molar-refractivity contribution in [1.82, 2.24) is 10.2 Å². The number of nitrogens with zero attached hydrogens (tertiary/aromatic N) is 1. The molecule has 14 heavy (non-hydrogen) atoms. The molecule has 0 radical (unpaired) electrons. The second-order valence-corrected chi connectivity index (χ2v) is 5.00. The Kier molecular flexibility index (Phi) is 7.01. The van der Waals surface area contributed by atoms with Crippen molar-refractivity contribution in [3.8, 4) is 0 Å². The molecular weight excluding hydrogens is 196 g/mol. The van der Waals surface area contributed by atoms with E-state index < -0.39 is 0 Å². The van der Waals surface area contributed by atoms with E-state index in [-0.39, 0.29) is 11.9 Å². The molecule has 1 amide bonds. The number of carbonyl (C=O) groups excluding carboxylic acids is 1. The fraction of sp³-hybridized carbons (Fsp3) is 0.900. The van der Waals surface area contributed by atoms with Gasteiger partial charge in [0.25, 0.3) is 0 Å². The van der Waals surface area contributed by atoms with Crippen LogP contribution in [0, 0.1) is 0 Å². The zero-order chi connectivity index (χ0) is 11.1. The topological polar surface area (TPSA) is 32.3 Å². The summed E-state index contributed by atoms with van der Waals surface area (Å²) in [5.41, 5.74) is 0. The summed E-state index contributed by atoms with van der Waals surface area (Å²) in [6.45, 7) is 6.17. The number of thioether (sulfide) groups is 1. The summed E-state index contributed by atoms with van der Waals surface area (Å²) in [7, 11) is 3.57. The van der Waals surface area contributed by atoms with Crippen LogP contribution in [0.1, 0.15) is 20.8 Å². The summed E-state index contributed by atoms with van der Waals surface area (Å²) in [4.78, 5) is 13.1. The van der Waals surface area contributed by atoms with Crippen molar-refractivity contribution in [1.29, 1.82) is 0 Å². The fourth-order valence-corrected chi connectivity index (χ4v) is 1.91. The maximum Gasteiger partial charge on any atom is 0.238 e. The van der Waals surface area contributed by atoms with Crippen molar-refractivity contribution in [2.75, 3.05) is 25.6 Å². The summed E-state index contributed by atoms with van der Waals surface area (Å²) >= 11 is 1.89. The lowest BCUT2D eigenvalue weighted by atomic mass is 10.2. The number of nitrogens with one attached hydrogen (secondary N) is 1. The Morgan fingerprint density at radius 1 is 1.43 bits per heavy atom. The molecule has 2 atom stereocenters. The van der Waals surface area contributed by atoms with Crippen LogP contribution in [-0.4, -0.2) is 48.5 Å². The van der Waals surface area contributed by atoms with Gasteiger partial charge in [-0.2, -0.15) is 11.8 Å². The third-order valence-corrected chi connectivity index (χ3v) is 3.06. The summed E-state index contributed by atoms with van der Waals surface area (Å²) in [5.74, 6) is 2.32. The van der Waals surface area contributed by atoms with Crippen LogP contribution < -0.4 is 5.32 Å². The molecule has 0 aliphatic heterocycles. The van der Waals surface area contributed by atoms with Gasteiger partial charge in [0, 0.05) is 25.9 Å². The zero-order valence-electron chi connectivity index (χ0n) is 9.83. The Balaban J connectivity index is 3.80. The molecule has 0 aliphatic carbocycles. The number of carbonyl (C=O) groups is 1. The van der Waals surface area contributed by atoms with Gasteiger partial charge < -0.3 is 10.2 Å². The normalized spacial score (nSPS) is 14.9. The Hall–Kier alpha value is -0.220. The highest BCUT2D eigenvalue weighted by Gasteiger charge is 2.16. The lowest BCUT2D eigenvalue weighted by molar-refractivity contribution is -0.130. The SMILES string of the molecule is CCSCC(C)NC(C)C(=O)N(C)C. The Morgan fingerprint density at radius 2 is 2.00 bits per heavy atom. The molecule has 0 spiro atoms. The minimum absolute atomic E-state index is 0.0857. The molecule has 0 bridgehead atoms. The van der Waals surface area contributed by atoms with Gasteiger partial charge in [0.2, 0.25) is 5.91 Å². The highest BCUT2D eigenvalue weighted by Crippen LogP contribution is 2.02.